The number of likely N-dealkylation sites (tertiary alicyclic amines) is 1. The van der Waals surface area contributed by atoms with E-state index in [2.05, 4.69) is 32.8 Å². The molecule has 0 aromatic carbocycles. The molecule has 0 bridgehead atoms. The second-order valence-corrected chi connectivity index (χ2v) is 8.60. The lowest BCUT2D eigenvalue weighted by Crippen LogP contribution is -2.43. The van der Waals surface area contributed by atoms with Gasteiger partial charge in [0.1, 0.15) is 17.0 Å². The lowest BCUT2D eigenvalue weighted by Gasteiger charge is -2.34. The SMILES string of the molecule is CCc1cc2c(N3CCC(C(=O)N4CCCCCC4)CC3)ncnc2s1. The first-order valence-electron chi connectivity index (χ1n) is 10.0. The Labute approximate surface area is 159 Å². The van der Waals surface area contributed by atoms with Gasteiger partial charge < -0.3 is 9.80 Å². The van der Waals surface area contributed by atoms with Crippen LogP contribution in [0.3, 0.4) is 0 Å². The van der Waals surface area contributed by atoms with E-state index in [0.717, 1.165) is 56.1 Å². The van der Waals surface area contributed by atoms with E-state index in [9.17, 15) is 4.79 Å². The number of fused-ring (bicyclic) bond motifs is 1. The average Bonchev–Trinajstić information content (AvgIpc) is 2.93. The molecule has 0 saturated carbocycles. The van der Waals surface area contributed by atoms with Gasteiger partial charge in [-0.15, -0.1) is 11.3 Å². The third-order valence-corrected chi connectivity index (χ3v) is 6.96. The van der Waals surface area contributed by atoms with Crippen molar-refractivity contribution in [3.8, 4) is 0 Å². The van der Waals surface area contributed by atoms with E-state index in [4.69, 9.17) is 0 Å². The number of amides is 1. The molecule has 2 saturated heterocycles. The molecule has 1 amide bonds. The summed E-state index contributed by atoms with van der Waals surface area (Å²) in [7, 11) is 0. The molecule has 0 atom stereocenters. The molecule has 5 nitrogen and oxygen atoms in total. The van der Waals surface area contributed by atoms with Crippen LogP contribution in [-0.2, 0) is 11.2 Å². The Morgan fingerprint density at radius 1 is 1.12 bits per heavy atom. The number of thiophene rings is 1. The van der Waals surface area contributed by atoms with Gasteiger partial charge in [-0.1, -0.05) is 19.8 Å². The number of hydrogen-bond donors (Lipinski definition) is 0. The molecule has 2 aromatic rings. The molecule has 26 heavy (non-hydrogen) atoms. The molecule has 2 fully saturated rings. The van der Waals surface area contributed by atoms with E-state index in [1.165, 1.54) is 35.9 Å². The molecule has 4 rings (SSSR count). The van der Waals surface area contributed by atoms with Crippen molar-refractivity contribution in [3.05, 3.63) is 17.3 Å². The summed E-state index contributed by atoms with van der Waals surface area (Å²) in [5, 5.41) is 1.17. The Morgan fingerprint density at radius 2 is 1.85 bits per heavy atom. The van der Waals surface area contributed by atoms with Crippen molar-refractivity contribution in [2.75, 3.05) is 31.1 Å². The third kappa shape index (κ3) is 3.56. The fourth-order valence-corrected chi connectivity index (χ4v) is 5.14. The predicted octanol–water partition coefficient (Wildman–Crippen LogP) is 3.87. The Hall–Kier alpha value is -1.69. The Balaban J connectivity index is 1.43. The monoisotopic (exact) mass is 372 g/mol. The van der Waals surface area contributed by atoms with Crippen LogP contribution in [0.25, 0.3) is 10.2 Å². The minimum Gasteiger partial charge on any atom is -0.356 e. The van der Waals surface area contributed by atoms with Crippen molar-refractivity contribution in [1.29, 1.82) is 0 Å². The number of nitrogens with zero attached hydrogens (tertiary/aromatic N) is 4. The van der Waals surface area contributed by atoms with Gasteiger partial charge in [0, 0.05) is 37.0 Å². The minimum atomic E-state index is 0.190. The highest BCUT2D eigenvalue weighted by molar-refractivity contribution is 7.18. The van der Waals surface area contributed by atoms with E-state index in [0.29, 0.717) is 5.91 Å². The molecule has 0 unspecified atom stereocenters. The first-order valence-corrected chi connectivity index (χ1v) is 10.8. The highest BCUT2D eigenvalue weighted by atomic mass is 32.1. The smallest absolute Gasteiger partial charge is 0.225 e. The number of carbonyl (C=O) groups is 1. The van der Waals surface area contributed by atoms with Crippen LogP contribution in [0.1, 0.15) is 50.3 Å². The van der Waals surface area contributed by atoms with Gasteiger partial charge in [0.05, 0.1) is 5.39 Å². The van der Waals surface area contributed by atoms with Gasteiger partial charge >= 0.3 is 0 Å². The van der Waals surface area contributed by atoms with Crippen LogP contribution < -0.4 is 4.90 Å². The maximum absolute atomic E-state index is 12.9. The first-order chi connectivity index (χ1) is 12.8. The fourth-order valence-electron chi connectivity index (χ4n) is 4.21. The molecule has 0 radical (unpaired) electrons. The van der Waals surface area contributed by atoms with Gasteiger partial charge in [0.25, 0.3) is 0 Å². The summed E-state index contributed by atoms with van der Waals surface area (Å²) >= 11 is 1.76. The number of carbonyl (C=O) groups excluding carboxylic acids is 1. The van der Waals surface area contributed by atoms with Crippen LogP contribution >= 0.6 is 11.3 Å². The number of aromatic nitrogens is 2. The summed E-state index contributed by atoms with van der Waals surface area (Å²) in [4.78, 5) is 28.8. The quantitative estimate of drug-likeness (QED) is 0.821. The van der Waals surface area contributed by atoms with E-state index in [1.54, 1.807) is 17.7 Å². The minimum absolute atomic E-state index is 0.190. The summed E-state index contributed by atoms with van der Waals surface area (Å²) in [6, 6.07) is 2.24. The van der Waals surface area contributed by atoms with Gasteiger partial charge in [0.15, 0.2) is 0 Å². The molecule has 2 aromatic heterocycles. The molecule has 0 aliphatic carbocycles. The molecular formula is C20H28N4OS. The van der Waals surface area contributed by atoms with Gasteiger partial charge in [-0.2, -0.15) is 0 Å². The van der Waals surface area contributed by atoms with Gasteiger partial charge in [-0.05, 0) is 38.2 Å². The molecule has 2 aliphatic heterocycles. The highest BCUT2D eigenvalue weighted by Gasteiger charge is 2.30. The van der Waals surface area contributed by atoms with Crippen molar-refractivity contribution < 1.29 is 4.79 Å². The van der Waals surface area contributed by atoms with E-state index >= 15 is 0 Å². The Bertz CT molecular complexity index is 758. The second kappa shape index (κ2) is 7.91. The van der Waals surface area contributed by atoms with Crippen LogP contribution in [0.15, 0.2) is 12.4 Å². The molecule has 0 spiro atoms. The number of rotatable bonds is 3. The zero-order valence-electron chi connectivity index (χ0n) is 15.6. The summed E-state index contributed by atoms with van der Waals surface area (Å²) in [5.74, 6) is 1.63. The Kier molecular flexibility index (Phi) is 5.38. The van der Waals surface area contributed by atoms with Crippen molar-refractivity contribution >= 4 is 33.3 Å². The largest absolute Gasteiger partial charge is 0.356 e. The zero-order chi connectivity index (χ0) is 17.9. The van der Waals surface area contributed by atoms with Crippen LogP contribution in [-0.4, -0.2) is 47.0 Å². The maximum Gasteiger partial charge on any atom is 0.225 e. The maximum atomic E-state index is 12.9. The second-order valence-electron chi connectivity index (χ2n) is 7.48. The number of piperidine rings is 1. The average molecular weight is 373 g/mol. The number of anilines is 1. The standard InChI is InChI=1S/C20H28N4OS/c1-2-16-13-17-18(21-14-22-19(17)26-16)23-11-7-15(8-12-23)20(25)24-9-5-3-4-6-10-24/h13-15H,2-12H2,1H3. The Morgan fingerprint density at radius 3 is 2.54 bits per heavy atom. The molecule has 4 heterocycles. The van der Waals surface area contributed by atoms with E-state index < -0.39 is 0 Å². The lowest BCUT2D eigenvalue weighted by molar-refractivity contribution is -0.136. The number of aryl methyl sites for hydroxylation is 1. The first kappa shape index (κ1) is 17.7. The summed E-state index contributed by atoms with van der Waals surface area (Å²) in [6.45, 7) is 5.92. The highest BCUT2D eigenvalue weighted by Crippen LogP contribution is 2.33. The number of hydrogen-bond acceptors (Lipinski definition) is 5. The van der Waals surface area contributed by atoms with Crippen molar-refractivity contribution in [3.63, 3.8) is 0 Å². The van der Waals surface area contributed by atoms with Crippen LogP contribution in [0.2, 0.25) is 0 Å². The van der Waals surface area contributed by atoms with Gasteiger partial charge in [0.2, 0.25) is 5.91 Å². The van der Waals surface area contributed by atoms with Crippen molar-refractivity contribution in [2.24, 2.45) is 5.92 Å². The van der Waals surface area contributed by atoms with Crippen LogP contribution in [0.5, 0.6) is 0 Å². The normalized spacial score (nSPS) is 19.7. The summed E-state index contributed by atoms with van der Waals surface area (Å²) in [6.07, 6.45) is 9.47. The lowest BCUT2D eigenvalue weighted by atomic mass is 9.95. The zero-order valence-corrected chi connectivity index (χ0v) is 16.4. The van der Waals surface area contributed by atoms with Crippen molar-refractivity contribution in [2.45, 2.75) is 51.9 Å². The van der Waals surface area contributed by atoms with Crippen LogP contribution in [0, 0.1) is 5.92 Å². The van der Waals surface area contributed by atoms with Crippen LogP contribution in [0.4, 0.5) is 5.82 Å². The van der Waals surface area contributed by atoms with Gasteiger partial charge in [-0.3, -0.25) is 4.79 Å². The van der Waals surface area contributed by atoms with E-state index in [-0.39, 0.29) is 5.92 Å². The predicted molar refractivity (Wildman–Crippen MR) is 107 cm³/mol. The van der Waals surface area contributed by atoms with Gasteiger partial charge in [-0.25, -0.2) is 9.97 Å². The molecule has 140 valence electrons. The topological polar surface area (TPSA) is 49.3 Å². The molecule has 2 aliphatic rings. The summed E-state index contributed by atoms with van der Waals surface area (Å²) < 4.78 is 0. The third-order valence-electron chi connectivity index (χ3n) is 5.77. The van der Waals surface area contributed by atoms with E-state index in [1.807, 2.05) is 0 Å². The molecule has 6 heteroatoms. The summed E-state index contributed by atoms with van der Waals surface area (Å²) in [5.41, 5.74) is 0. The molecular weight excluding hydrogens is 344 g/mol. The van der Waals surface area contributed by atoms with Crippen molar-refractivity contribution in [1.82, 2.24) is 14.9 Å². The molecule has 0 N–H and O–H groups in total. The fraction of sp³-hybridized carbons (Fsp3) is 0.650.